The second-order valence-corrected chi connectivity index (χ2v) is 9.61. The lowest BCUT2D eigenvalue weighted by atomic mass is 9.74. The molecular formula is C23H34N4O2. The normalized spacial score (nSPS) is 29.0. The fraction of sp³-hybridized carbons (Fsp3) is 0.739. The molecule has 5 rings (SSSR count). The molecule has 1 aromatic heterocycles. The number of ether oxygens (including phenoxy) is 1. The highest BCUT2D eigenvalue weighted by molar-refractivity contribution is 5.76. The molecular weight excluding hydrogens is 364 g/mol. The minimum Gasteiger partial charge on any atom is -0.374 e. The Morgan fingerprint density at radius 3 is 2.90 bits per heavy atom. The predicted molar refractivity (Wildman–Crippen MR) is 111 cm³/mol. The fourth-order valence-corrected chi connectivity index (χ4v) is 5.23. The first kappa shape index (κ1) is 19.3. The molecule has 2 unspecified atom stereocenters. The van der Waals surface area contributed by atoms with Crippen molar-refractivity contribution in [3.63, 3.8) is 0 Å². The minimum atomic E-state index is -0.0191. The van der Waals surface area contributed by atoms with Gasteiger partial charge in [-0.1, -0.05) is 18.6 Å². The van der Waals surface area contributed by atoms with Crippen LogP contribution in [0.1, 0.15) is 75.1 Å². The van der Waals surface area contributed by atoms with Crippen LogP contribution in [0.5, 0.6) is 0 Å². The van der Waals surface area contributed by atoms with E-state index in [9.17, 15) is 4.79 Å². The third kappa shape index (κ3) is 4.15. The Morgan fingerprint density at radius 1 is 1.31 bits per heavy atom. The molecule has 1 aromatic rings. The van der Waals surface area contributed by atoms with Crippen molar-refractivity contribution >= 4 is 5.91 Å². The molecule has 0 bridgehead atoms. The van der Waals surface area contributed by atoms with Gasteiger partial charge in [-0.15, -0.1) is 0 Å². The van der Waals surface area contributed by atoms with Gasteiger partial charge in [0.1, 0.15) is 0 Å². The van der Waals surface area contributed by atoms with Crippen LogP contribution in [-0.4, -0.2) is 52.3 Å². The van der Waals surface area contributed by atoms with Crippen molar-refractivity contribution in [3.05, 3.63) is 29.6 Å². The third-order valence-corrected chi connectivity index (χ3v) is 7.59. The summed E-state index contributed by atoms with van der Waals surface area (Å²) in [6, 6.07) is 2.27. The number of H-pyrrole nitrogens is 1. The smallest absolute Gasteiger partial charge is 0.222 e. The zero-order chi connectivity index (χ0) is 19.7. The predicted octanol–water partition coefficient (Wildman–Crippen LogP) is 3.27. The van der Waals surface area contributed by atoms with Gasteiger partial charge in [-0.05, 0) is 56.9 Å². The second-order valence-electron chi connectivity index (χ2n) is 9.61. The fourth-order valence-electron chi connectivity index (χ4n) is 5.23. The van der Waals surface area contributed by atoms with E-state index in [1.807, 2.05) is 0 Å². The number of hydrogen-bond donors (Lipinski definition) is 2. The van der Waals surface area contributed by atoms with Crippen LogP contribution >= 0.6 is 0 Å². The van der Waals surface area contributed by atoms with Crippen LogP contribution in [0.4, 0.5) is 0 Å². The first-order valence-electron chi connectivity index (χ1n) is 11.5. The Bertz CT molecular complexity index is 750. The molecule has 2 heterocycles. The van der Waals surface area contributed by atoms with Crippen molar-refractivity contribution in [3.8, 4) is 0 Å². The van der Waals surface area contributed by atoms with E-state index in [4.69, 9.17) is 4.74 Å². The molecule has 1 aliphatic heterocycles. The summed E-state index contributed by atoms with van der Waals surface area (Å²) >= 11 is 0. The van der Waals surface area contributed by atoms with Gasteiger partial charge in [0.2, 0.25) is 5.91 Å². The number of hydrogen-bond acceptors (Lipinski definition) is 4. The van der Waals surface area contributed by atoms with E-state index in [-0.39, 0.29) is 17.6 Å². The molecule has 1 spiro atoms. The number of aromatic amines is 1. The first-order valence-corrected chi connectivity index (χ1v) is 11.5. The van der Waals surface area contributed by atoms with Gasteiger partial charge in [-0.3, -0.25) is 14.8 Å². The SMILES string of the molecule is O=C(CC1CN(Cc2cc(C3CCC3)n[nH]2)C2(CCC2)CO1)NCC1C=CCC1. The monoisotopic (exact) mass is 398 g/mol. The molecule has 0 aromatic carbocycles. The van der Waals surface area contributed by atoms with Crippen LogP contribution in [0.15, 0.2) is 18.2 Å². The van der Waals surface area contributed by atoms with Crippen molar-refractivity contribution in [2.45, 2.75) is 81.9 Å². The van der Waals surface area contributed by atoms with Gasteiger partial charge < -0.3 is 10.1 Å². The maximum absolute atomic E-state index is 12.4. The van der Waals surface area contributed by atoms with Gasteiger partial charge in [0, 0.05) is 36.8 Å². The number of allylic oxidation sites excluding steroid dienone is 1. The molecule has 0 radical (unpaired) electrons. The Hall–Kier alpha value is -1.66. The molecule has 3 fully saturated rings. The molecule has 2 saturated carbocycles. The Kier molecular flexibility index (Phi) is 5.48. The summed E-state index contributed by atoms with van der Waals surface area (Å²) in [6.45, 7) is 3.22. The molecule has 2 N–H and O–H groups in total. The molecule has 6 nitrogen and oxygen atoms in total. The van der Waals surface area contributed by atoms with Crippen LogP contribution in [0.25, 0.3) is 0 Å². The zero-order valence-electron chi connectivity index (χ0n) is 17.4. The minimum absolute atomic E-state index is 0.0191. The van der Waals surface area contributed by atoms with Crippen LogP contribution in [0.2, 0.25) is 0 Å². The molecule has 1 amide bonds. The summed E-state index contributed by atoms with van der Waals surface area (Å²) in [7, 11) is 0. The van der Waals surface area contributed by atoms with Gasteiger partial charge in [0.15, 0.2) is 0 Å². The van der Waals surface area contributed by atoms with Gasteiger partial charge in [-0.25, -0.2) is 0 Å². The van der Waals surface area contributed by atoms with Crippen molar-refractivity contribution in [1.29, 1.82) is 0 Å². The van der Waals surface area contributed by atoms with E-state index >= 15 is 0 Å². The lowest BCUT2D eigenvalue weighted by Gasteiger charge is -2.54. The van der Waals surface area contributed by atoms with E-state index in [1.54, 1.807) is 0 Å². The largest absolute Gasteiger partial charge is 0.374 e. The summed E-state index contributed by atoms with van der Waals surface area (Å²) in [5.41, 5.74) is 2.61. The summed E-state index contributed by atoms with van der Waals surface area (Å²) in [6.07, 6.45) is 14.7. The molecule has 2 atom stereocenters. The average molecular weight is 399 g/mol. The highest BCUT2D eigenvalue weighted by atomic mass is 16.5. The van der Waals surface area contributed by atoms with E-state index in [1.165, 1.54) is 49.9 Å². The van der Waals surface area contributed by atoms with Gasteiger partial charge in [-0.2, -0.15) is 5.10 Å². The molecule has 29 heavy (non-hydrogen) atoms. The number of morpholine rings is 1. The lowest BCUT2D eigenvalue weighted by Crippen LogP contribution is -2.62. The van der Waals surface area contributed by atoms with Gasteiger partial charge in [0.05, 0.1) is 24.8 Å². The highest BCUT2D eigenvalue weighted by Gasteiger charge is 2.47. The quantitative estimate of drug-likeness (QED) is 0.692. The zero-order valence-corrected chi connectivity index (χ0v) is 17.4. The Morgan fingerprint density at radius 2 is 2.21 bits per heavy atom. The van der Waals surface area contributed by atoms with Crippen LogP contribution in [0.3, 0.4) is 0 Å². The lowest BCUT2D eigenvalue weighted by molar-refractivity contribution is -0.154. The topological polar surface area (TPSA) is 70.2 Å². The second kappa shape index (κ2) is 8.23. The van der Waals surface area contributed by atoms with E-state index in [0.29, 0.717) is 18.3 Å². The van der Waals surface area contributed by atoms with Crippen molar-refractivity contribution in [2.24, 2.45) is 5.92 Å². The maximum atomic E-state index is 12.4. The van der Waals surface area contributed by atoms with Crippen LogP contribution in [0, 0.1) is 5.92 Å². The molecule has 4 aliphatic rings. The van der Waals surface area contributed by atoms with Crippen LogP contribution in [-0.2, 0) is 16.1 Å². The molecule has 6 heteroatoms. The third-order valence-electron chi connectivity index (χ3n) is 7.59. The summed E-state index contributed by atoms with van der Waals surface area (Å²) in [5, 5.41) is 11.0. The molecule has 1 saturated heterocycles. The number of amides is 1. The van der Waals surface area contributed by atoms with E-state index in [2.05, 4.69) is 38.6 Å². The number of aromatic nitrogens is 2. The van der Waals surface area contributed by atoms with Crippen molar-refractivity contribution in [2.75, 3.05) is 19.7 Å². The maximum Gasteiger partial charge on any atom is 0.222 e. The number of carbonyl (C=O) groups is 1. The van der Waals surface area contributed by atoms with Gasteiger partial charge in [0.25, 0.3) is 0 Å². The van der Waals surface area contributed by atoms with Crippen LogP contribution < -0.4 is 5.32 Å². The summed E-state index contributed by atoms with van der Waals surface area (Å²) < 4.78 is 6.17. The average Bonchev–Trinajstić information content (AvgIpc) is 3.30. The van der Waals surface area contributed by atoms with E-state index in [0.717, 1.165) is 39.1 Å². The number of nitrogens with zero attached hydrogens (tertiary/aromatic N) is 2. The number of carbonyl (C=O) groups excluding carboxylic acids is 1. The first-order chi connectivity index (χ1) is 14.2. The highest BCUT2D eigenvalue weighted by Crippen LogP contribution is 2.42. The van der Waals surface area contributed by atoms with Crippen molar-refractivity contribution < 1.29 is 9.53 Å². The molecule has 3 aliphatic carbocycles. The Balaban J connectivity index is 1.17. The number of nitrogens with one attached hydrogen (secondary N) is 2. The number of rotatable bonds is 7. The summed E-state index contributed by atoms with van der Waals surface area (Å²) in [4.78, 5) is 15.0. The van der Waals surface area contributed by atoms with Crippen molar-refractivity contribution in [1.82, 2.24) is 20.4 Å². The Labute approximate surface area is 173 Å². The summed E-state index contributed by atoms with van der Waals surface area (Å²) in [5.74, 6) is 1.29. The van der Waals surface area contributed by atoms with Gasteiger partial charge >= 0.3 is 0 Å². The standard InChI is InChI=1S/C23H34N4O2/c28-22(24-13-17-5-1-2-6-17)12-20-15-27(23(16-29-20)9-4-10-23)14-19-11-21(26-25-19)18-7-3-8-18/h1,5,11,17-18,20H,2-4,6-10,12-16H2,(H,24,28)(H,25,26). The van der Waals surface area contributed by atoms with E-state index < -0.39 is 0 Å². The molecule has 158 valence electrons.